The number of aliphatic hydroxyl groups excluding tert-OH is 1. The Balaban J connectivity index is 2.10. The standard InChI is InChI=1S/C14H19N3O/c1-11(14-8-9-15-17(14)2)16-13(10-18)12-6-4-3-5-7-12/h3-9,11,13,16,18H,10H2,1-2H3. The van der Waals surface area contributed by atoms with Crippen LogP contribution in [0.15, 0.2) is 42.6 Å². The first kappa shape index (κ1) is 12.8. The van der Waals surface area contributed by atoms with Gasteiger partial charge in [-0.05, 0) is 18.6 Å². The number of hydrogen-bond donors (Lipinski definition) is 2. The van der Waals surface area contributed by atoms with Crippen LogP contribution in [-0.4, -0.2) is 21.5 Å². The number of nitrogens with zero attached hydrogens (tertiary/aromatic N) is 2. The molecule has 2 aromatic rings. The van der Waals surface area contributed by atoms with E-state index in [2.05, 4.69) is 17.3 Å². The minimum atomic E-state index is -0.0592. The average molecular weight is 245 g/mol. The van der Waals surface area contributed by atoms with Gasteiger partial charge in [0.2, 0.25) is 0 Å². The Morgan fingerprint density at radius 3 is 2.56 bits per heavy atom. The Bertz CT molecular complexity index is 481. The molecule has 2 N–H and O–H groups in total. The topological polar surface area (TPSA) is 50.1 Å². The number of benzene rings is 1. The number of rotatable bonds is 5. The van der Waals surface area contributed by atoms with Gasteiger partial charge in [0.1, 0.15) is 0 Å². The van der Waals surface area contributed by atoms with Gasteiger partial charge in [-0.1, -0.05) is 30.3 Å². The van der Waals surface area contributed by atoms with Crippen molar-refractivity contribution in [3.8, 4) is 0 Å². The molecule has 0 saturated carbocycles. The van der Waals surface area contributed by atoms with E-state index in [1.54, 1.807) is 6.20 Å². The van der Waals surface area contributed by atoms with Gasteiger partial charge in [-0.15, -0.1) is 0 Å². The minimum absolute atomic E-state index is 0.0592. The first-order chi connectivity index (χ1) is 8.72. The molecule has 2 unspecified atom stereocenters. The largest absolute Gasteiger partial charge is 0.394 e. The van der Waals surface area contributed by atoms with Crippen LogP contribution in [0.25, 0.3) is 0 Å². The lowest BCUT2D eigenvalue weighted by Crippen LogP contribution is -2.28. The summed E-state index contributed by atoms with van der Waals surface area (Å²) in [5, 5.41) is 17.1. The third-order valence-corrected chi connectivity index (χ3v) is 3.14. The highest BCUT2D eigenvalue weighted by Crippen LogP contribution is 2.18. The van der Waals surface area contributed by atoms with Crippen LogP contribution in [0.2, 0.25) is 0 Å². The zero-order chi connectivity index (χ0) is 13.0. The Hall–Kier alpha value is -1.65. The van der Waals surface area contributed by atoms with E-state index in [9.17, 15) is 5.11 Å². The van der Waals surface area contributed by atoms with Crippen molar-refractivity contribution in [1.29, 1.82) is 0 Å². The molecule has 1 aromatic heterocycles. The second-order valence-electron chi connectivity index (χ2n) is 4.41. The van der Waals surface area contributed by atoms with Gasteiger partial charge in [0.05, 0.1) is 18.3 Å². The highest BCUT2D eigenvalue weighted by Gasteiger charge is 2.16. The zero-order valence-corrected chi connectivity index (χ0v) is 10.7. The molecule has 0 spiro atoms. The van der Waals surface area contributed by atoms with Gasteiger partial charge in [0, 0.05) is 19.3 Å². The van der Waals surface area contributed by atoms with E-state index in [0.717, 1.165) is 11.3 Å². The second kappa shape index (κ2) is 5.80. The summed E-state index contributed by atoms with van der Waals surface area (Å²) in [6.45, 7) is 2.15. The summed E-state index contributed by atoms with van der Waals surface area (Å²) < 4.78 is 1.84. The van der Waals surface area contributed by atoms with Gasteiger partial charge >= 0.3 is 0 Å². The first-order valence-corrected chi connectivity index (χ1v) is 6.12. The van der Waals surface area contributed by atoms with Gasteiger partial charge in [-0.25, -0.2) is 0 Å². The van der Waals surface area contributed by atoms with Crippen molar-refractivity contribution in [2.24, 2.45) is 7.05 Å². The van der Waals surface area contributed by atoms with Gasteiger partial charge < -0.3 is 5.11 Å². The second-order valence-corrected chi connectivity index (χ2v) is 4.41. The summed E-state index contributed by atoms with van der Waals surface area (Å²) in [7, 11) is 1.92. The molecule has 1 heterocycles. The van der Waals surface area contributed by atoms with Crippen molar-refractivity contribution in [2.75, 3.05) is 6.61 Å². The Morgan fingerprint density at radius 2 is 2.00 bits per heavy atom. The van der Waals surface area contributed by atoms with Crippen molar-refractivity contribution in [3.05, 3.63) is 53.9 Å². The van der Waals surface area contributed by atoms with E-state index in [1.807, 2.05) is 48.1 Å². The quantitative estimate of drug-likeness (QED) is 0.844. The molecule has 0 aliphatic rings. The maximum atomic E-state index is 9.51. The molecular weight excluding hydrogens is 226 g/mol. The fourth-order valence-electron chi connectivity index (χ4n) is 2.14. The van der Waals surface area contributed by atoms with Gasteiger partial charge in [-0.2, -0.15) is 5.10 Å². The van der Waals surface area contributed by atoms with Crippen molar-refractivity contribution in [1.82, 2.24) is 15.1 Å². The summed E-state index contributed by atoms with van der Waals surface area (Å²) >= 11 is 0. The molecule has 4 heteroatoms. The fraction of sp³-hybridized carbons (Fsp3) is 0.357. The van der Waals surface area contributed by atoms with E-state index in [-0.39, 0.29) is 18.7 Å². The summed E-state index contributed by atoms with van der Waals surface area (Å²) in [6.07, 6.45) is 1.78. The summed E-state index contributed by atoms with van der Waals surface area (Å²) in [5.41, 5.74) is 2.19. The summed E-state index contributed by atoms with van der Waals surface area (Å²) in [6, 6.07) is 12.0. The van der Waals surface area contributed by atoms with Crippen LogP contribution in [-0.2, 0) is 7.05 Å². The molecule has 0 saturated heterocycles. The molecule has 0 aliphatic heterocycles. The Labute approximate surface area is 107 Å². The van der Waals surface area contributed by atoms with E-state index >= 15 is 0 Å². The maximum Gasteiger partial charge on any atom is 0.0626 e. The lowest BCUT2D eigenvalue weighted by Gasteiger charge is -2.22. The average Bonchev–Trinajstić information content (AvgIpc) is 2.83. The SMILES string of the molecule is CC(NC(CO)c1ccccc1)c1ccnn1C. The lowest BCUT2D eigenvalue weighted by atomic mass is 10.1. The number of aromatic nitrogens is 2. The summed E-state index contributed by atoms with van der Waals surface area (Å²) in [4.78, 5) is 0. The predicted octanol–water partition coefficient (Wildman–Crippen LogP) is 1.80. The number of nitrogens with one attached hydrogen (secondary N) is 1. The van der Waals surface area contributed by atoms with Crippen molar-refractivity contribution in [2.45, 2.75) is 19.0 Å². The number of hydrogen-bond acceptors (Lipinski definition) is 3. The van der Waals surface area contributed by atoms with E-state index in [0.29, 0.717) is 0 Å². The van der Waals surface area contributed by atoms with Crippen LogP contribution in [0.3, 0.4) is 0 Å². The first-order valence-electron chi connectivity index (χ1n) is 6.12. The van der Waals surface area contributed by atoms with Crippen molar-refractivity contribution >= 4 is 0 Å². The number of aliphatic hydroxyl groups is 1. The van der Waals surface area contributed by atoms with E-state index in [1.165, 1.54) is 0 Å². The third kappa shape index (κ3) is 2.78. The molecule has 18 heavy (non-hydrogen) atoms. The molecule has 1 aromatic carbocycles. The van der Waals surface area contributed by atoms with Crippen molar-refractivity contribution < 1.29 is 5.11 Å². The maximum absolute atomic E-state index is 9.51. The molecule has 96 valence electrons. The van der Waals surface area contributed by atoms with Crippen LogP contribution >= 0.6 is 0 Å². The van der Waals surface area contributed by atoms with Crippen LogP contribution in [0.1, 0.15) is 30.3 Å². The Kier molecular flexibility index (Phi) is 4.12. The van der Waals surface area contributed by atoms with Gasteiger partial charge in [-0.3, -0.25) is 10.00 Å². The molecule has 0 radical (unpaired) electrons. The fourth-order valence-corrected chi connectivity index (χ4v) is 2.14. The van der Waals surface area contributed by atoms with E-state index in [4.69, 9.17) is 0 Å². The lowest BCUT2D eigenvalue weighted by molar-refractivity contribution is 0.234. The highest BCUT2D eigenvalue weighted by atomic mass is 16.3. The van der Waals surface area contributed by atoms with Gasteiger partial charge in [0.25, 0.3) is 0 Å². The van der Waals surface area contributed by atoms with E-state index < -0.39 is 0 Å². The van der Waals surface area contributed by atoms with Crippen LogP contribution in [0, 0.1) is 0 Å². The molecular formula is C14H19N3O. The zero-order valence-electron chi connectivity index (χ0n) is 10.7. The molecule has 2 atom stereocenters. The summed E-state index contributed by atoms with van der Waals surface area (Å²) in [5.74, 6) is 0. The normalized spacial score (nSPS) is 14.4. The minimum Gasteiger partial charge on any atom is -0.394 e. The van der Waals surface area contributed by atoms with Crippen molar-refractivity contribution in [3.63, 3.8) is 0 Å². The highest BCUT2D eigenvalue weighted by molar-refractivity contribution is 5.19. The Morgan fingerprint density at radius 1 is 1.28 bits per heavy atom. The van der Waals surface area contributed by atoms with Gasteiger partial charge in [0.15, 0.2) is 0 Å². The number of aryl methyl sites for hydroxylation is 1. The predicted molar refractivity (Wildman–Crippen MR) is 71.0 cm³/mol. The van der Waals surface area contributed by atoms with Crippen LogP contribution < -0.4 is 5.32 Å². The molecule has 2 rings (SSSR count). The smallest absolute Gasteiger partial charge is 0.0626 e. The monoisotopic (exact) mass is 245 g/mol. The molecule has 0 amide bonds. The molecule has 0 fully saturated rings. The van der Waals surface area contributed by atoms with Crippen LogP contribution in [0.4, 0.5) is 0 Å². The third-order valence-electron chi connectivity index (χ3n) is 3.14. The molecule has 0 bridgehead atoms. The molecule has 4 nitrogen and oxygen atoms in total. The van der Waals surface area contributed by atoms with Crippen LogP contribution in [0.5, 0.6) is 0 Å². The molecule has 0 aliphatic carbocycles.